The van der Waals surface area contributed by atoms with Gasteiger partial charge in [-0.3, -0.25) is 14.2 Å². The van der Waals surface area contributed by atoms with Crippen molar-refractivity contribution < 1.29 is 14.3 Å². The minimum Gasteiger partial charge on any atom is -0.480 e. The van der Waals surface area contributed by atoms with Gasteiger partial charge < -0.3 is 9.53 Å². The molecule has 4 aromatic carbocycles. The van der Waals surface area contributed by atoms with Gasteiger partial charge in [0, 0.05) is 17.2 Å². The molecule has 0 atom stereocenters. The fourth-order valence-corrected chi connectivity index (χ4v) is 11.6. The molecule has 6 nitrogen and oxygen atoms in total. The highest BCUT2D eigenvalue weighted by atomic mass is 35.5. The molecule has 0 amide bonds. The maximum absolute atomic E-state index is 13.7. The Balaban J connectivity index is 1.26. The maximum Gasteiger partial charge on any atom is 0.323 e. The third-order valence-corrected chi connectivity index (χ3v) is 14.3. The average molecular weight is 637 g/mol. The molecule has 0 bridgehead atoms. The van der Waals surface area contributed by atoms with Crippen LogP contribution in [0.4, 0.5) is 0 Å². The van der Waals surface area contributed by atoms with Crippen LogP contribution in [-0.2, 0) is 15.8 Å². The van der Waals surface area contributed by atoms with Crippen LogP contribution < -0.4 is 15.9 Å². The molecule has 1 aliphatic carbocycles. The first-order chi connectivity index (χ1) is 21.6. The highest BCUT2D eigenvalue weighted by molar-refractivity contribution is 6.99. The van der Waals surface area contributed by atoms with Gasteiger partial charge >= 0.3 is 5.97 Å². The number of halogens is 1. The second-order valence-corrected chi connectivity index (χ2v) is 17.8. The van der Waals surface area contributed by atoms with Crippen LogP contribution in [0.5, 0.6) is 0 Å². The molecule has 1 heterocycles. The summed E-state index contributed by atoms with van der Waals surface area (Å²) < 4.78 is 8.39. The van der Waals surface area contributed by atoms with E-state index in [4.69, 9.17) is 21.0 Å². The third-order valence-electron chi connectivity index (χ3n) is 9.01. The zero-order valence-corrected chi connectivity index (χ0v) is 27.5. The van der Waals surface area contributed by atoms with Crippen molar-refractivity contribution >= 4 is 47.2 Å². The number of rotatable bonds is 9. The van der Waals surface area contributed by atoms with Crippen molar-refractivity contribution in [2.45, 2.75) is 51.1 Å². The summed E-state index contributed by atoms with van der Waals surface area (Å²) in [6.45, 7) is 7.06. The van der Waals surface area contributed by atoms with Gasteiger partial charge in [0.15, 0.2) is 0 Å². The van der Waals surface area contributed by atoms with Gasteiger partial charge in [-0.15, -0.1) is 0 Å². The van der Waals surface area contributed by atoms with Crippen LogP contribution in [0.3, 0.4) is 0 Å². The summed E-state index contributed by atoms with van der Waals surface area (Å²) >= 11 is 6.19. The van der Waals surface area contributed by atoms with Crippen LogP contribution in [0.1, 0.15) is 45.1 Å². The lowest BCUT2D eigenvalue weighted by atomic mass is 9.72. The lowest BCUT2D eigenvalue weighted by Gasteiger charge is -2.45. The Bertz CT molecular complexity index is 1860. The zero-order valence-electron chi connectivity index (χ0n) is 25.7. The van der Waals surface area contributed by atoms with Gasteiger partial charge in [-0.05, 0) is 69.9 Å². The summed E-state index contributed by atoms with van der Waals surface area (Å²) in [4.78, 5) is 30.1. The molecule has 1 saturated carbocycles. The summed E-state index contributed by atoms with van der Waals surface area (Å²) in [6, 6.07) is 34.1. The highest BCUT2D eigenvalue weighted by Crippen LogP contribution is 2.44. The van der Waals surface area contributed by atoms with Crippen molar-refractivity contribution in [1.82, 2.24) is 9.55 Å². The Labute approximate surface area is 269 Å². The summed E-state index contributed by atoms with van der Waals surface area (Å²) in [6.07, 6.45) is 1.92. The van der Waals surface area contributed by atoms with Gasteiger partial charge in [-0.1, -0.05) is 111 Å². The first-order valence-electron chi connectivity index (χ1n) is 15.3. The van der Waals surface area contributed by atoms with Crippen molar-refractivity contribution in [2.75, 3.05) is 6.61 Å². The van der Waals surface area contributed by atoms with Crippen molar-refractivity contribution in [3.05, 3.63) is 124 Å². The standard InChI is InChI=1S/C37H37ClN2O4Si/c1-37(2,3)45(30-13-6-4-7-14-30,31-15-8-5-9-16-31)44-24-25-19-28(20-25)26-17-18-33-32(22-26)36(43)40(23-34(41)42)35(39-33)27-11-10-12-29(38)21-27/h4-18,21-22,25,28H,19-20,23-24H2,1-3H3,(H,41,42). The minimum atomic E-state index is -2.60. The number of aliphatic carboxylic acids is 1. The maximum atomic E-state index is 13.7. The van der Waals surface area contributed by atoms with Crippen molar-refractivity contribution in [3.63, 3.8) is 0 Å². The Morgan fingerprint density at radius 3 is 2.16 bits per heavy atom. The molecule has 0 spiro atoms. The molecule has 45 heavy (non-hydrogen) atoms. The SMILES string of the molecule is CC(C)(C)[Si](OCC1CC(c2ccc3nc(-c4cccc(Cl)c4)n(CC(=O)O)c(=O)c3c2)C1)(c1ccccc1)c1ccccc1. The number of nitrogens with zero attached hydrogens (tertiary/aromatic N) is 2. The fraction of sp³-hybridized carbons (Fsp3) is 0.270. The van der Waals surface area contributed by atoms with Gasteiger partial charge in [-0.25, -0.2) is 4.98 Å². The number of benzene rings is 4. The van der Waals surface area contributed by atoms with E-state index in [2.05, 4.69) is 81.4 Å². The van der Waals surface area contributed by atoms with Gasteiger partial charge in [0.05, 0.1) is 10.9 Å². The van der Waals surface area contributed by atoms with Gasteiger partial charge in [0.1, 0.15) is 12.4 Å². The third kappa shape index (κ3) is 6.00. The van der Waals surface area contributed by atoms with E-state index in [1.807, 2.05) is 18.2 Å². The molecule has 8 heteroatoms. The topological polar surface area (TPSA) is 81.4 Å². The highest BCUT2D eigenvalue weighted by Gasteiger charge is 2.50. The monoisotopic (exact) mass is 636 g/mol. The number of carboxylic acid groups (broad SMARTS) is 1. The Hall–Kier alpha value is -4.04. The first kappa shape index (κ1) is 31.0. The molecular formula is C37H37ClN2O4Si. The largest absolute Gasteiger partial charge is 0.480 e. The van der Waals surface area contributed by atoms with E-state index in [1.54, 1.807) is 24.3 Å². The average Bonchev–Trinajstić information content (AvgIpc) is 3.00. The molecule has 1 N–H and O–H groups in total. The van der Waals surface area contributed by atoms with Gasteiger partial charge in [-0.2, -0.15) is 0 Å². The molecule has 230 valence electrons. The normalized spacial score (nSPS) is 16.8. The summed E-state index contributed by atoms with van der Waals surface area (Å²) in [5, 5.41) is 13.0. The van der Waals surface area contributed by atoms with E-state index in [0.717, 1.165) is 18.4 Å². The predicted molar refractivity (Wildman–Crippen MR) is 183 cm³/mol. The van der Waals surface area contributed by atoms with E-state index in [9.17, 15) is 14.7 Å². The number of hydrogen-bond donors (Lipinski definition) is 1. The molecule has 0 radical (unpaired) electrons. The van der Waals surface area contributed by atoms with Crippen LogP contribution in [0.25, 0.3) is 22.3 Å². The number of carboxylic acids is 1. The van der Waals surface area contributed by atoms with E-state index < -0.39 is 20.8 Å². The van der Waals surface area contributed by atoms with E-state index in [0.29, 0.717) is 39.9 Å². The molecule has 1 aliphatic rings. The first-order valence-corrected chi connectivity index (χ1v) is 17.6. The summed E-state index contributed by atoms with van der Waals surface area (Å²) in [5.41, 5.74) is 1.83. The van der Waals surface area contributed by atoms with Crippen LogP contribution in [-0.4, -0.2) is 35.6 Å². The Kier molecular flexibility index (Phi) is 8.53. The molecule has 0 saturated heterocycles. The quantitative estimate of drug-likeness (QED) is 0.179. The fourth-order valence-electron chi connectivity index (χ4n) is 6.77. The second-order valence-electron chi connectivity index (χ2n) is 13.0. The molecule has 6 rings (SSSR count). The van der Waals surface area contributed by atoms with Crippen molar-refractivity contribution in [3.8, 4) is 11.4 Å². The van der Waals surface area contributed by atoms with Crippen LogP contribution in [0, 0.1) is 5.92 Å². The van der Waals surface area contributed by atoms with Crippen LogP contribution in [0.15, 0.2) is 108 Å². The second kappa shape index (κ2) is 12.4. The summed E-state index contributed by atoms with van der Waals surface area (Å²) in [7, 11) is -2.60. The van der Waals surface area contributed by atoms with Crippen LogP contribution >= 0.6 is 11.6 Å². The van der Waals surface area contributed by atoms with Crippen molar-refractivity contribution in [1.29, 1.82) is 0 Å². The molecule has 0 unspecified atom stereocenters. The van der Waals surface area contributed by atoms with E-state index in [-0.39, 0.29) is 16.4 Å². The minimum absolute atomic E-state index is 0.0794. The number of aromatic nitrogens is 2. The number of fused-ring (bicyclic) bond motifs is 1. The van der Waals surface area contributed by atoms with Gasteiger partial charge in [0.25, 0.3) is 13.9 Å². The lowest BCUT2D eigenvalue weighted by molar-refractivity contribution is -0.137. The molecule has 1 aromatic heterocycles. The molecule has 1 fully saturated rings. The Morgan fingerprint density at radius 2 is 1.58 bits per heavy atom. The van der Waals surface area contributed by atoms with Gasteiger partial charge in [0.2, 0.25) is 0 Å². The lowest BCUT2D eigenvalue weighted by Crippen LogP contribution is -2.67. The molecular weight excluding hydrogens is 600 g/mol. The number of carbonyl (C=O) groups is 1. The Morgan fingerprint density at radius 1 is 0.933 bits per heavy atom. The zero-order chi connectivity index (χ0) is 31.8. The van der Waals surface area contributed by atoms with E-state index >= 15 is 0 Å². The molecule has 0 aliphatic heterocycles. The predicted octanol–water partition coefficient (Wildman–Crippen LogP) is 6.87. The molecule has 5 aromatic rings. The summed E-state index contributed by atoms with van der Waals surface area (Å²) in [5.74, 6) is -0.129. The van der Waals surface area contributed by atoms with Crippen molar-refractivity contribution in [2.24, 2.45) is 5.92 Å². The smallest absolute Gasteiger partial charge is 0.323 e. The van der Waals surface area contributed by atoms with Crippen LogP contribution in [0.2, 0.25) is 10.1 Å². The number of hydrogen-bond acceptors (Lipinski definition) is 4. The van der Waals surface area contributed by atoms with E-state index in [1.165, 1.54) is 14.9 Å².